The van der Waals surface area contributed by atoms with E-state index in [4.69, 9.17) is 0 Å². The monoisotopic (exact) mass is 436 g/mol. The second kappa shape index (κ2) is 9.79. The van der Waals surface area contributed by atoms with Gasteiger partial charge >= 0.3 is 0 Å². The number of nitrogens with zero attached hydrogens (tertiary/aromatic N) is 1. The summed E-state index contributed by atoms with van der Waals surface area (Å²) in [5.41, 5.74) is 3.31. The Bertz CT molecular complexity index is 1130. The molecule has 3 aromatic carbocycles. The van der Waals surface area contributed by atoms with Gasteiger partial charge in [-0.3, -0.25) is 9.10 Å². The zero-order valence-electron chi connectivity index (χ0n) is 18.1. The molecule has 3 rings (SSSR count). The largest absolute Gasteiger partial charge is 0.348 e. The van der Waals surface area contributed by atoms with Crippen LogP contribution in [0.25, 0.3) is 0 Å². The van der Waals surface area contributed by atoms with E-state index in [-0.39, 0.29) is 23.4 Å². The van der Waals surface area contributed by atoms with Crippen molar-refractivity contribution in [3.8, 4) is 0 Å². The molecule has 3 aromatic rings. The molecule has 162 valence electrons. The summed E-state index contributed by atoms with van der Waals surface area (Å²) in [5, 5.41) is 2.99. The highest BCUT2D eigenvalue weighted by Gasteiger charge is 2.28. The Balaban J connectivity index is 1.94. The first kappa shape index (κ1) is 22.6. The number of carbonyl (C=O) groups is 1. The normalized spacial score (nSPS) is 12.2. The van der Waals surface area contributed by atoms with Crippen LogP contribution in [0.3, 0.4) is 0 Å². The van der Waals surface area contributed by atoms with Gasteiger partial charge in [-0.15, -0.1) is 0 Å². The second-order valence-electron chi connectivity index (χ2n) is 7.55. The SMILES string of the molecule is CC[C@@H](NC(=O)CN(c1ccc(C)cc1C)S(=O)(=O)c1ccccc1)c1ccccc1. The van der Waals surface area contributed by atoms with Crippen molar-refractivity contribution in [2.45, 2.75) is 38.1 Å². The molecular formula is C25H28N2O3S. The fourth-order valence-electron chi connectivity index (χ4n) is 3.58. The number of hydrogen-bond acceptors (Lipinski definition) is 3. The Morgan fingerprint density at radius 2 is 1.55 bits per heavy atom. The molecule has 0 radical (unpaired) electrons. The van der Waals surface area contributed by atoms with Gasteiger partial charge in [-0.05, 0) is 49.6 Å². The number of aryl methyl sites for hydroxylation is 2. The molecular weight excluding hydrogens is 408 g/mol. The first-order valence-electron chi connectivity index (χ1n) is 10.3. The van der Waals surface area contributed by atoms with Gasteiger partial charge in [0.05, 0.1) is 16.6 Å². The molecule has 0 aliphatic heterocycles. The minimum atomic E-state index is -3.92. The van der Waals surface area contributed by atoms with Crippen molar-refractivity contribution in [1.82, 2.24) is 5.32 Å². The maximum atomic E-state index is 13.5. The molecule has 1 N–H and O–H groups in total. The van der Waals surface area contributed by atoms with E-state index in [1.165, 1.54) is 4.31 Å². The fraction of sp³-hybridized carbons (Fsp3) is 0.240. The first-order chi connectivity index (χ1) is 14.8. The van der Waals surface area contributed by atoms with Gasteiger partial charge in [0.25, 0.3) is 10.0 Å². The van der Waals surface area contributed by atoms with Crippen LogP contribution in [0.1, 0.15) is 36.1 Å². The van der Waals surface area contributed by atoms with E-state index in [0.29, 0.717) is 12.1 Å². The third-order valence-electron chi connectivity index (χ3n) is 5.18. The molecule has 0 saturated carbocycles. The zero-order valence-corrected chi connectivity index (χ0v) is 18.9. The average molecular weight is 437 g/mol. The van der Waals surface area contributed by atoms with Crippen LogP contribution in [0, 0.1) is 13.8 Å². The topological polar surface area (TPSA) is 66.5 Å². The Morgan fingerprint density at radius 3 is 2.13 bits per heavy atom. The zero-order chi connectivity index (χ0) is 22.4. The Kier molecular flexibility index (Phi) is 7.13. The molecule has 0 aromatic heterocycles. The minimum absolute atomic E-state index is 0.151. The van der Waals surface area contributed by atoms with Crippen molar-refractivity contribution in [2.75, 3.05) is 10.8 Å². The molecule has 0 spiro atoms. The van der Waals surface area contributed by atoms with Crippen LogP contribution in [0.15, 0.2) is 83.8 Å². The summed E-state index contributed by atoms with van der Waals surface area (Å²) < 4.78 is 28.2. The number of hydrogen-bond donors (Lipinski definition) is 1. The van der Waals surface area contributed by atoms with Crippen molar-refractivity contribution in [2.24, 2.45) is 0 Å². The number of sulfonamides is 1. The molecule has 0 unspecified atom stereocenters. The highest BCUT2D eigenvalue weighted by Crippen LogP contribution is 2.27. The van der Waals surface area contributed by atoms with Gasteiger partial charge in [0.1, 0.15) is 6.54 Å². The molecule has 1 amide bonds. The number of rotatable bonds is 8. The second-order valence-corrected chi connectivity index (χ2v) is 9.42. The van der Waals surface area contributed by atoms with E-state index in [0.717, 1.165) is 16.7 Å². The molecule has 0 bridgehead atoms. The summed E-state index contributed by atoms with van der Waals surface area (Å²) in [6.07, 6.45) is 0.699. The smallest absolute Gasteiger partial charge is 0.264 e. The lowest BCUT2D eigenvalue weighted by molar-refractivity contribution is -0.120. The van der Waals surface area contributed by atoms with Crippen LogP contribution in [0.2, 0.25) is 0 Å². The highest BCUT2D eigenvalue weighted by molar-refractivity contribution is 7.92. The van der Waals surface area contributed by atoms with Crippen molar-refractivity contribution < 1.29 is 13.2 Å². The molecule has 0 aliphatic rings. The first-order valence-corrected chi connectivity index (χ1v) is 11.8. The molecule has 31 heavy (non-hydrogen) atoms. The van der Waals surface area contributed by atoms with E-state index >= 15 is 0 Å². The Morgan fingerprint density at radius 1 is 0.935 bits per heavy atom. The third-order valence-corrected chi connectivity index (χ3v) is 6.96. The van der Waals surface area contributed by atoms with Gasteiger partial charge in [-0.1, -0.05) is 73.2 Å². The van der Waals surface area contributed by atoms with Gasteiger partial charge in [0.2, 0.25) is 5.91 Å². The molecule has 5 nitrogen and oxygen atoms in total. The highest BCUT2D eigenvalue weighted by atomic mass is 32.2. The van der Waals surface area contributed by atoms with Gasteiger partial charge in [-0.25, -0.2) is 8.42 Å². The van der Waals surface area contributed by atoms with Crippen LogP contribution in [-0.4, -0.2) is 20.9 Å². The van der Waals surface area contributed by atoms with Crippen LogP contribution >= 0.6 is 0 Å². The van der Waals surface area contributed by atoms with Crippen LogP contribution in [-0.2, 0) is 14.8 Å². The van der Waals surface area contributed by atoms with Crippen molar-refractivity contribution in [1.29, 1.82) is 0 Å². The van der Waals surface area contributed by atoms with Crippen molar-refractivity contribution in [3.63, 3.8) is 0 Å². The van der Waals surface area contributed by atoms with E-state index in [9.17, 15) is 13.2 Å². The number of carbonyl (C=O) groups excluding carboxylic acids is 1. The number of nitrogens with one attached hydrogen (secondary N) is 1. The maximum Gasteiger partial charge on any atom is 0.264 e. The quantitative estimate of drug-likeness (QED) is 0.553. The number of benzene rings is 3. The molecule has 0 saturated heterocycles. The summed E-state index contributed by atoms with van der Waals surface area (Å²) >= 11 is 0. The third kappa shape index (κ3) is 5.33. The van der Waals surface area contributed by atoms with Gasteiger partial charge in [0.15, 0.2) is 0 Å². The predicted molar refractivity (Wildman–Crippen MR) is 125 cm³/mol. The van der Waals surface area contributed by atoms with E-state index in [2.05, 4.69) is 5.32 Å². The predicted octanol–water partition coefficient (Wildman–Crippen LogP) is 4.77. The lowest BCUT2D eigenvalue weighted by Crippen LogP contribution is -2.42. The number of anilines is 1. The summed E-state index contributed by atoms with van der Waals surface area (Å²) in [7, 11) is -3.92. The summed E-state index contributed by atoms with van der Waals surface area (Å²) in [6.45, 7) is 5.49. The molecule has 1 atom stereocenters. The van der Waals surface area contributed by atoms with Crippen LogP contribution < -0.4 is 9.62 Å². The van der Waals surface area contributed by atoms with E-state index < -0.39 is 10.0 Å². The Hall–Kier alpha value is -3.12. The summed E-state index contributed by atoms with van der Waals surface area (Å²) in [4.78, 5) is 13.2. The standard InChI is InChI=1S/C25H28N2O3S/c1-4-23(21-11-7-5-8-12-21)26-25(28)18-27(24-16-15-19(2)17-20(24)3)31(29,30)22-13-9-6-10-14-22/h5-17,23H,4,18H2,1-3H3,(H,26,28)/t23-/m1/s1. The summed E-state index contributed by atoms with van der Waals surface area (Å²) in [5.74, 6) is -0.352. The van der Waals surface area contributed by atoms with Gasteiger partial charge in [-0.2, -0.15) is 0 Å². The lowest BCUT2D eigenvalue weighted by Gasteiger charge is -2.27. The van der Waals surface area contributed by atoms with Gasteiger partial charge < -0.3 is 5.32 Å². The molecule has 0 heterocycles. The molecule has 6 heteroatoms. The molecule has 0 aliphatic carbocycles. The van der Waals surface area contributed by atoms with E-state index in [1.807, 2.05) is 63.2 Å². The fourth-order valence-corrected chi connectivity index (χ4v) is 5.09. The van der Waals surface area contributed by atoms with Crippen LogP contribution in [0.4, 0.5) is 5.69 Å². The Labute approximate surface area is 184 Å². The summed E-state index contributed by atoms with van der Waals surface area (Å²) in [6, 6.07) is 23.2. The van der Waals surface area contributed by atoms with Crippen molar-refractivity contribution in [3.05, 3.63) is 95.6 Å². The minimum Gasteiger partial charge on any atom is -0.348 e. The maximum absolute atomic E-state index is 13.5. The molecule has 0 fully saturated rings. The van der Waals surface area contributed by atoms with Crippen molar-refractivity contribution >= 4 is 21.6 Å². The van der Waals surface area contributed by atoms with E-state index in [1.54, 1.807) is 36.4 Å². The van der Waals surface area contributed by atoms with Crippen LogP contribution in [0.5, 0.6) is 0 Å². The van der Waals surface area contributed by atoms with Gasteiger partial charge in [0, 0.05) is 0 Å². The lowest BCUT2D eigenvalue weighted by atomic mass is 10.0. The number of amides is 1. The average Bonchev–Trinajstić information content (AvgIpc) is 2.77.